The third-order valence-corrected chi connectivity index (χ3v) is 12.0. The molecule has 0 radical (unpaired) electrons. The van der Waals surface area contributed by atoms with Crippen LogP contribution in [0, 0.1) is 39.5 Å². The van der Waals surface area contributed by atoms with Crippen LogP contribution < -0.4 is 21.4 Å². The Morgan fingerprint density at radius 2 is 1.51 bits per heavy atom. The van der Waals surface area contributed by atoms with E-state index in [1.807, 2.05) is 16.5 Å². The molecule has 61 heavy (non-hydrogen) atoms. The maximum atomic E-state index is 14.2. The van der Waals surface area contributed by atoms with Gasteiger partial charge in [-0.2, -0.15) is 0 Å². The Morgan fingerprint density at radius 3 is 2.16 bits per heavy atom. The molecule has 11 nitrogen and oxygen atoms in total. The van der Waals surface area contributed by atoms with Crippen LogP contribution in [0.3, 0.4) is 0 Å². The molecule has 0 atom stereocenters. The van der Waals surface area contributed by atoms with Crippen LogP contribution in [-0.2, 0) is 33.6 Å². The molecule has 1 aliphatic rings. The smallest absolute Gasteiger partial charge is 0.303 e. The Balaban J connectivity index is 1.84. The molecule has 0 saturated carbocycles. The second-order valence-electron chi connectivity index (χ2n) is 17.1. The number of rotatable bonds is 18. The van der Waals surface area contributed by atoms with E-state index in [1.54, 1.807) is 6.92 Å². The lowest BCUT2D eigenvalue weighted by molar-refractivity contribution is -0.488. The maximum Gasteiger partial charge on any atom is 0.303 e. The van der Waals surface area contributed by atoms with Crippen molar-refractivity contribution in [3.05, 3.63) is 89.2 Å². The quantitative estimate of drug-likeness (QED) is 0.0437. The summed E-state index contributed by atoms with van der Waals surface area (Å²) in [5, 5.41) is 13.1. The zero-order valence-corrected chi connectivity index (χ0v) is 38.4. The Kier molecular flexibility index (Phi) is 15.8. The molecule has 11 heteroatoms. The summed E-state index contributed by atoms with van der Waals surface area (Å²) < 4.78 is 1.90. The van der Waals surface area contributed by atoms with Crippen LogP contribution in [-0.4, -0.2) is 111 Å². The number of nitrogens with one attached hydrogen (secondary N) is 4. The van der Waals surface area contributed by atoms with Gasteiger partial charge in [0, 0.05) is 83.9 Å². The van der Waals surface area contributed by atoms with Crippen LogP contribution in [0.1, 0.15) is 127 Å². The van der Waals surface area contributed by atoms with Crippen molar-refractivity contribution in [2.24, 2.45) is 0 Å². The van der Waals surface area contributed by atoms with Gasteiger partial charge in [0.25, 0.3) is 0 Å². The Morgan fingerprint density at radius 1 is 0.803 bits per heavy atom. The van der Waals surface area contributed by atoms with E-state index in [1.165, 1.54) is 16.7 Å². The highest BCUT2D eigenvalue weighted by Gasteiger charge is 2.22. The average molecular weight is 831 g/mol. The van der Waals surface area contributed by atoms with Gasteiger partial charge in [0.1, 0.15) is 26.1 Å². The van der Waals surface area contributed by atoms with Gasteiger partial charge in [-0.25, -0.2) is 4.58 Å². The number of carbonyl (C=O) groups excluding carboxylic acids is 2. The Bertz CT molecular complexity index is 2610. The molecule has 0 aliphatic carbocycles. The van der Waals surface area contributed by atoms with Gasteiger partial charge in [0.05, 0.1) is 16.6 Å². The van der Waals surface area contributed by atoms with Crippen LogP contribution in [0.5, 0.6) is 0 Å². The molecule has 1 amide bonds. The first-order valence-corrected chi connectivity index (χ1v) is 22.0. The fraction of sp³-hybridized carbons (Fsp3) is 0.480. The predicted molar refractivity (Wildman–Crippen MR) is 247 cm³/mol. The molecule has 0 unspecified atom stereocenters. The van der Waals surface area contributed by atoms with Gasteiger partial charge in [0.2, 0.25) is 5.91 Å². The first kappa shape index (κ1) is 46.5. The van der Waals surface area contributed by atoms with Crippen molar-refractivity contribution in [1.82, 2.24) is 29.7 Å². The van der Waals surface area contributed by atoms with E-state index < -0.39 is 5.97 Å². The number of hydrogen-bond acceptors (Lipinski definition) is 4. The van der Waals surface area contributed by atoms with E-state index in [0.29, 0.717) is 38.8 Å². The first-order chi connectivity index (χ1) is 29.0. The van der Waals surface area contributed by atoms with Gasteiger partial charge in [0.15, 0.2) is 0 Å². The lowest BCUT2D eigenvalue weighted by atomic mass is 9.98. The number of carboxylic acid groups (broad SMARTS) is 1. The van der Waals surface area contributed by atoms with Crippen LogP contribution in [0.2, 0.25) is 0 Å². The van der Waals surface area contributed by atoms with Crippen molar-refractivity contribution >= 4 is 47.7 Å². The minimum Gasteiger partial charge on any atom is -0.481 e. The SMILES string of the molecule is C=[N+](C)CCCN(CCCN(C)C)C(=O)CCc1c(C)c2[nH]c1=C(CC(C)=O)c1cc(C)c([nH]1)C=c1[nH]c(c(C)c1CC)=Cc1[nH]c(c(C)c1CC)C=2C#CCCCC(=O)O. The van der Waals surface area contributed by atoms with Crippen LogP contribution >= 0.6 is 0 Å². The van der Waals surface area contributed by atoms with Crippen molar-refractivity contribution in [1.29, 1.82) is 0 Å². The van der Waals surface area contributed by atoms with E-state index in [2.05, 4.69) is 117 Å². The van der Waals surface area contributed by atoms with Crippen LogP contribution in [0.25, 0.3) is 23.3 Å². The second-order valence-corrected chi connectivity index (χ2v) is 17.1. The highest BCUT2D eigenvalue weighted by Crippen LogP contribution is 2.26. The summed E-state index contributed by atoms with van der Waals surface area (Å²) in [4.78, 5) is 58.1. The number of aryl methyl sites for hydroxylation is 1. The fourth-order valence-corrected chi connectivity index (χ4v) is 8.67. The molecule has 5 heterocycles. The number of aromatic nitrogens is 4. The molecule has 0 saturated heterocycles. The van der Waals surface area contributed by atoms with Crippen molar-refractivity contribution in [2.45, 2.75) is 113 Å². The Hall–Kier alpha value is -5.60. The highest BCUT2D eigenvalue weighted by atomic mass is 16.4. The Labute approximate surface area is 361 Å². The van der Waals surface area contributed by atoms with E-state index >= 15 is 0 Å². The molecule has 4 aromatic heterocycles. The zero-order valence-electron chi connectivity index (χ0n) is 38.4. The highest BCUT2D eigenvalue weighted by molar-refractivity contribution is 5.88. The van der Waals surface area contributed by atoms with Gasteiger partial charge in [-0.15, -0.1) is 0 Å². The number of H-pyrrole nitrogens is 4. The fourth-order valence-electron chi connectivity index (χ4n) is 8.67. The normalized spacial score (nSPS) is 12.2. The van der Waals surface area contributed by atoms with E-state index in [-0.39, 0.29) is 24.5 Å². The molecule has 5 N–H and O–H groups in total. The summed E-state index contributed by atoms with van der Waals surface area (Å²) in [5.74, 6) is 6.10. The average Bonchev–Trinajstić information content (AvgIpc) is 3.90. The van der Waals surface area contributed by atoms with Gasteiger partial charge in [-0.1, -0.05) is 25.7 Å². The number of carboxylic acids is 1. The summed E-state index contributed by atoms with van der Waals surface area (Å²) in [6.07, 6.45) is 9.59. The number of aromatic amines is 4. The topological polar surface area (TPSA) is 144 Å². The summed E-state index contributed by atoms with van der Waals surface area (Å²) in [5.41, 5.74) is 13.0. The van der Waals surface area contributed by atoms with E-state index in [0.717, 1.165) is 116 Å². The number of unbranched alkanes of at least 4 members (excludes halogenated alkanes) is 1. The molecule has 8 bridgehead atoms. The number of amides is 1. The van der Waals surface area contributed by atoms with Crippen molar-refractivity contribution in [3.8, 4) is 11.8 Å². The second kappa shape index (κ2) is 20.8. The molecule has 0 fully saturated rings. The van der Waals surface area contributed by atoms with Crippen molar-refractivity contribution in [3.63, 3.8) is 0 Å². The first-order valence-electron chi connectivity index (χ1n) is 22.0. The standard InChI is InChI=1S/C50H67N7O4/c1-12-36-33(5)42-30-45-37(13-2)34(6)48(53-45)39(19-15-14-16-20-47(60)61)49-35(7)38(21-22-46(59)57(25-17-23-55(8)9)26-18-24-56(10)11)50(54-49)40(28-32(4)58)43-27-31(3)41(51-43)29-44(36)52-42/h27,29-30,51-54H,8,12-14,16-18,20-26,28H2,1-7,9-11H3/p+1. The largest absolute Gasteiger partial charge is 0.481 e. The van der Waals surface area contributed by atoms with Gasteiger partial charge in [-0.05, 0) is 145 Å². The molecule has 0 aromatic carbocycles. The summed E-state index contributed by atoms with van der Waals surface area (Å²) in [6, 6.07) is 2.12. The van der Waals surface area contributed by atoms with Gasteiger partial charge >= 0.3 is 5.97 Å². The molecule has 5 rings (SSSR count). The molecular weight excluding hydrogens is 763 g/mol. The predicted octanol–water partition coefficient (Wildman–Crippen LogP) is 4.41. The summed E-state index contributed by atoms with van der Waals surface area (Å²) in [6.45, 7) is 21.4. The van der Waals surface area contributed by atoms with Crippen molar-refractivity contribution < 1.29 is 24.1 Å². The minimum atomic E-state index is -0.843. The van der Waals surface area contributed by atoms with Gasteiger partial charge < -0.3 is 34.8 Å². The summed E-state index contributed by atoms with van der Waals surface area (Å²) >= 11 is 0. The van der Waals surface area contributed by atoms with E-state index in [9.17, 15) is 19.5 Å². The molecule has 4 aromatic rings. The number of aliphatic carboxylic acids is 1. The molecular formula is C50H68N7O4+. The van der Waals surface area contributed by atoms with E-state index in [4.69, 9.17) is 0 Å². The number of hydrogen-bond donors (Lipinski definition) is 5. The lowest BCUT2D eigenvalue weighted by Gasteiger charge is -2.23. The third-order valence-electron chi connectivity index (χ3n) is 12.0. The zero-order chi connectivity index (χ0) is 44.5. The van der Waals surface area contributed by atoms with Gasteiger partial charge in [-0.3, -0.25) is 14.4 Å². The number of fused-ring (bicyclic) bond motifs is 8. The van der Waals surface area contributed by atoms with Crippen LogP contribution in [0.15, 0.2) is 6.07 Å². The molecule has 0 spiro atoms. The van der Waals surface area contributed by atoms with Crippen LogP contribution in [0.4, 0.5) is 0 Å². The maximum absolute atomic E-state index is 14.2. The molecule has 1 aliphatic heterocycles. The number of Topliss-reactive ketones (excluding diaryl/α,β-unsaturated/α-hetero) is 1. The number of nitrogens with zero attached hydrogens (tertiary/aromatic N) is 3. The summed E-state index contributed by atoms with van der Waals surface area (Å²) in [7, 11) is 6.05. The lowest BCUT2D eigenvalue weighted by Crippen LogP contribution is -2.35. The third kappa shape index (κ3) is 11.2. The molecule has 326 valence electrons. The van der Waals surface area contributed by atoms with Crippen molar-refractivity contribution in [2.75, 3.05) is 47.3 Å². The number of ketones is 1. The monoisotopic (exact) mass is 831 g/mol. The minimum absolute atomic E-state index is 0.0220. The number of carbonyl (C=O) groups is 3.